The second-order valence-electron chi connectivity index (χ2n) is 4.64. The first-order valence-electron chi connectivity index (χ1n) is 6.75. The molecule has 0 fully saturated rings. The molecule has 156 valence electrons. The summed E-state index contributed by atoms with van der Waals surface area (Å²) < 4.78 is 79.0. The molecule has 1 aromatic carbocycles. The molecule has 8 nitrogen and oxygen atoms in total. The highest BCUT2D eigenvalue weighted by atomic mass is 79.9. The van der Waals surface area contributed by atoms with E-state index in [9.17, 15) is 31.2 Å². The molecule has 0 aromatic heterocycles. The molecular weight excluding hydrogens is 545 g/mol. The van der Waals surface area contributed by atoms with E-state index >= 15 is 0 Å². The number of alkyl halides is 3. The zero-order valence-electron chi connectivity index (χ0n) is 14.2. The SMILES string of the molecule is COC(=O)/C(OS(=O)(=O)C(F)(F)F)=C(\C(=O)OC)c1cc(Br)c(OC)c(Br)c1. The van der Waals surface area contributed by atoms with Crippen molar-refractivity contribution < 1.29 is 49.6 Å². The maximum atomic E-state index is 12.7. The highest BCUT2D eigenvalue weighted by Gasteiger charge is 2.50. The number of carbonyl (C=O) groups excluding carboxylic acids is 2. The van der Waals surface area contributed by atoms with Gasteiger partial charge in [0.1, 0.15) is 11.3 Å². The Kier molecular flexibility index (Phi) is 7.91. The van der Waals surface area contributed by atoms with E-state index in [0.29, 0.717) is 0 Å². The van der Waals surface area contributed by atoms with E-state index in [4.69, 9.17) is 4.74 Å². The number of methoxy groups -OCH3 is 3. The van der Waals surface area contributed by atoms with Crippen LogP contribution < -0.4 is 4.74 Å². The van der Waals surface area contributed by atoms with Crippen molar-refractivity contribution >= 4 is 59.5 Å². The molecule has 0 radical (unpaired) electrons. The number of rotatable bonds is 6. The van der Waals surface area contributed by atoms with Gasteiger partial charge in [-0.2, -0.15) is 21.6 Å². The largest absolute Gasteiger partial charge is 0.534 e. The van der Waals surface area contributed by atoms with Crippen LogP contribution in [0.15, 0.2) is 26.8 Å². The van der Waals surface area contributed by atoms with E-state index in [0.717, 1.165) is 14.2 Å². The summed E-state index contributed by atoms with van der Waals surface area (Å²) in [5.41, 5.74) is -7.02. The zero-order valence-corrected chi connectivity index (χ0v) is 18.2. The molecule has 0 unspecified atom stereocenters. The number of hydrogen-bond acceptors (Lipinski definition) is 8. The lowest BCUT2D eigenvalue weighted by molar-refractivity contribution is -0.140. The maximum Gasteiger partial charge on any atom is 0.534 e. The van der Waals surface area contributed by atoms with Gasteiger partial charge in [0.05, 0.1) is 30.3 Å². The molecule has 0 saturated carbocycles. The van der Waals surface area contributed by atoms with Gasteiger partial charge in [0.25, 0.3) is 0 Å². The molecule has 14 heteroatoms. The van der Waals surface area contributed by atoms with Crippen LogP contribution in [-0.2, 0) is 33.4 Å². The van der Waals surface area contributed by atoms with Crippen LogP contribution in [0.2, 0.25) is 0 Å². The van der Waals surface area contributed by atoms with E-state index in [1.54, 1.807) is 0 Å². The number of hydrogen-bond donors (Lipinski definition) is 0. The van der Waals surface area contributed by atoms with Gasteiger partial charge in [-0.3, -0.25) is 0 Å². The van der Waals surface area contributed by atoms with E-state index in [1.807, 2.05) is 0 Å². The fourth-order valence-electron chi connectivity index (χ4n) is 1.77. The lowest BCUT2D eigenvalue weighted by atomic mass is 10.0. The number of benzene rings is 1. The normalized spacial score (nSPS) is 12.7. The van der Waals surface area contributed by atoms with Crippen molar-refractivity contribution in [3.63, 3.8) is 0 Å². The fourth-order valence-corrected chi connectivity index (χ4v) is 3.75. The van der Waals surface area contributed by atoms with Crippen LogP contribution in [0.3, 0.4) is 0 Å². The van der Waals surface area contributed by atoms with Gasteiger partial charge in [0.2, 0.25) is 5.76 Å². The predicted molar refractivity (Wildman–Crippen MR) is 95.4 cm³/mol. The van der Waals surface area contributed by atoms with Gasteiger partial charge in [-0.05, 0) is 49.6 Å². The first-order valence-corrected chi connectivity index (χ1v) is 9.75. The smallest absolute Gasteiger partial charge is 0.494 e. The van der Waals surface area contributed by atoms with Crippen molar-refractivity contribution in [3.8, 4) is 5.75 Å². The van der Waals surface area contributed by atoms with Crippen LogP contribution in [0.5, 0.6) is 5.75 Å². The molecule has 0 amide bonds. The Bertz CT molecular complexity index is 902. The quantitative estimate of drug-likeness (QED) is 0.173. The van der Waals surface area contributed by atoms with Crippen LogP contribution in [-0.4, -0.2) is 47.2 Å². The Morgan fingerprint density at radius 2 is 1.43 bits per heavy atom. The average molecular weight is 556 g/mol. The standard InChI is InChI=1S/C14H11Br2F3O8S/c1-24-10-7(15)4-6(5-8(10)16)9(12(20)25-2)11(13(21)26-3)27-28(22,23)14(17,18)19/h4-5H,1-3H3/b11-9+. The van der Waals surface area contributed by atoms with Gasteiger partial charge < -0.3 is 18.4 Å². The Labute approximate surface area is 174 Å². The second kappa shape index (κ2) is 9.13. The lowest BCUT2D eigenvalue weighted by Gasteiger charge is -2.16. The molecule has 0 atom stereocenters. The molecule has 0 bridgehead atoms. The zero-order chi connectivity index (χ0) is 21.9. The third-order valence-corrected chi connectivity index (χ3v) is 5.09. The van der Waals surface area contributed by atoms with E-state index in [2.05, 4.69) is 45.5 Å². The number of ether oxygens (including phenoxy) is 3. The highest BCUT2D eigenvalue weighted by Crippen LogP contribution is 2.38. The lowest BCUT2D eigenvalue weighted by Crippen LogP contribution is -2.28. The summed E-state index contributed by atoms with van der Waals surface area (Å²) in [6.45, 7) is 0. The molecule has 28 heavy (non-hydrogen) atoms. The topological polar surface area (TPSA) is 105 Å². The summed E-state index contributed by atoms with van der Waals surface area (Å²) in [4.78, 5) is 24.1. The van der Waals surface area contributed by atoms with Gasteiger partial charge >= 0.3 is 27.6 Å². The minimum Gasteiger partial charge on any atom is -0.494 e. The third-order valence-electron chi connectivity index (χ3n) is 2.95. The third kappa shape index (κ3) is 5.17. The van der Waals surface area contributed by atoms with Crippen LogP contribution >= 0.6 is 31.9 Å². The Morgan fingerprint density at radius 1 is 0.964 bits per heavy atom. The molecule has 0 aliphatic carbocycles. The molecule has 0 heterocycles. The minimum atomic E-state index is -6.29. The van der Waals surface area contributed by atoms with Crippen molar-refractivity contribution in [1.29, 1.82) is 0 Å². The summed E-state index contributed by atoms with van der Waals surface area (Å²) in [7, 11) is -3.36. The van der Waals surface area contributed by atoms with E-state index in [-0.39, 0.29) is 20.3 Å². The van der Waals surface area contributed by atoms with Gasteiger partial charge in [-0.25, -0.2) is 9.59 Å². The van der Waals surface area contributed by atoms with Crippen molar-refractivity contribution in [2.45, 2.75) is 5.51 Å². The molecule has 0 aliphatic heterocycles. The van der Waals surface area contributed by atoms with Crippen molar-refractivity contribution in [3.05, 3.63) is 32.4 Å². The summed E-state index contributed by atoms with van der Waals surface area (Å²) in [6, 6.07) is 2.34. The van der Waals surface area contributed by atoms with Gasteiger partial charge in [-0.1, -0.05) is 0 Å². The summed E-state index contributed by atoms with van der Waals surface area (Å²) in [5, 5.41) is 0. The van der Waals surface area contributed by atoms with Crippen molar-refractivity contribution in [2.24, 2.45) is 0 Å². The van der Waals surface area contributed by atoms with Gasteiger partial charge in [0.15, 0.2) is 0 Å². The average Bonchev–Trinajstić information content (AvgIpc) is 2.58. The molecule has 1 rings (SSSR count). The molecular formula is C14H11Br2F3O8S. The van der Waals surface area contributed by atoms with Crippen LogP contribution in [0, 0.1) is 0 Å². The van der Waals surface area contributed by atoms with Crippen LogP contribution in [0.4, 0.5) is 13.2 Å². The number of esters is 2. The van der Waals surface area contributed by atoms with Crippen molar-refractivity contribution in [2.75, 3.05) is 21.3 Å². The molecule has 0 saturated heterocycles. The second-order valence-corrected chi connectivity index (χ2v) is 7.89. The predicted octanol–water partition coefficient (Wildman–Crippen LogP) is 3.14. The van der Waals surface area contributed by atoms with Crippen LogP contribution in [0.25, 0.3) is 5.57 Å². The van der Waals surface area contributed by atoms with Gasteiger partial charge in [-0.15, -0.1) is 0 Å². The van der Waals surface area contributed by atoms with Gasteiger partial charge in [0, 0.05) is 0 Å². The van der Waals surface area contributed by atoms with Crippen LogP contribution in [0.1, 0.15) is 5.56 Å². The molecule has 0 spiro atoms. The Morgan fingerprint density at radius 3 is 1.79 bits per heavy atom. The fraction of sp³-hybridized carbons (Fsp3) is 0.286. The molecule has 0 N–H and O–H groups in total. The maximum absolute atomic E-state index is 12.7. The highest BCUT2D eigenvalue weighted by molar-refractivity contribution is 9.11. The monoisotopic (exact) mass is 554 g/mol. The summed E-state index contributed by atoms with van der Waals surface area (Å²) >= 11 is 6.22. The van der Waals surface area contributed by atoms with E-state index in [1.165, 1.54) is 19.2 Å². The first kappa shape index (κ1) is 24.2. The molecule has 0 aliphatic rings. The Hall–Kier alpha value is -1.80. The number of halogens is 5. The summed E-state index contributed by atoms with van der Waals surface area (Å²) in [6.07, 6.45) is 0. The Balaban J connectivity index is 3.88. The number of carbonyl (C=O) groups is 2. The van der Waals surface area contributed by atoms with E-state index < -0.39 is 38.9 Å². The molecule has 1 aromatic rings. The first-order chi connectivity index (χ1) is 12.8. The summed E-state index contributed by atoms with van der Waals surface area (Å²) in [5.74, 6) is -4.30. The minimum absolute atomic E-state index is 0.212. The van der Waals surface area contributed by atoms with Crippen molar-refractivity contribution in [1.82, 2.24) is 0 Å².